The smallest absolute Gasteiger partial charge is 0.292 e. The van der Waals surface area contributed by atoms with Gasteiger partial charge in [0.25, 0.3) is 11.6 Å². The van der Waals surface area contributed by atoms with Crippen molar-refractivity contribution >= 4 is 28.9 Å². The Bertz CT molecular complexity index is 983. The molecule has 31 heavy (non-hydrogen) atoms. The molecule has 2 amide bonds. The molecule has 2 fully saturated rings. The molecule has 2 aliphatic rings. The van der Waals surface area contributed by atoms with Crippen LogP contribution >= 0.6 is 0 Å². The molecule has 1 aliphatic carbocycles. The molecule has 0 aromatic heterocycles. The number of amides is 2. The van der Waals surface area contributed by atoms with Gasteiger partial charge in [0.2, 0.25) is 5.91 Å². The summed E-state index contributed by atoms with van der Waals surface area (Å²) in [5.74, 6) is 0.502. The van der Waals surface area contributed by atoms with Crippen molar-refractivity contribution in [1.82, 2.24) is 4.90 Å². The van der Waals surface area contributed by atoms with Crippen LogP contribution in [0.5, 0.6) is 5.75 Å². The fourth-order valence-corrected chi connectivity index (χ4v) is 3.57. The lowest BCUT2D eigenvalue weighted by molar-refractivity contribution is -0.384. The van der Waals surface area contributed by atoms with Gasteiger partial charge >= 0.3 is 0 Å². The van der Waals surface area contributed by atoms with Crippen LogP contribution in [0.3, 0.4) is 0 Å². The van der Waals surface area contributed by atoms with E-state index in [1.807, 2.05) is 4.90 Å². The molecule has 0 spiro atoms. The first-order chi connectivity index (χ1) is 15.0. The van der Waals surface area contributed by atoms with Crippen molar-refractivity contribution in [2.75, 3.05) is 43.0 Å². The van der Waals surface area contributed by atoms with E-state index in [1.165, 1.54) is 6.07 Å². The van der Waals surface area contributed by atoms with Crippen molar-refractivity contribution in [2.24, 2.45) is 5.92 Å². The number of rotatable bonds is 7. The summed E-state index contributed by atoms with van der Waals surface area (Å²) in [6.45, 7) is 1.85. The molecule has 0 radical (unpaired) electrons. The van der Waals surface area contributed by atoms with Gasteiger partial charge in [0.1, 0.15) is 11.4 Å². The average Bonchev–Trinajstić information content (AvgIpc) is 3.63. The molecular weight excluding hydrogens is 400 g/mol. The summed E-state index contributed by atoms with van der Waals surface area (Å²) in [5.41, 5.74) is 1.29. The second-order valence-corrected chi connectivity index (χ2v) is 7.69. The minimum atomic E-state index is -0.387. The first-order valence-corrected chi connectivity index (χ1v) is 10.3. The maximum atomic E-state index is 12.6. The monoisotopic (exact) mass is 424 g/mol. The number of nitro groups is 1. The molecule has 2 aromatic rings. The van der Waals surface area contributed by atoms with Gasteiger partial charge in [-0.1, -0.05) is 18.2 Å². The number of nitrogens with zero attached hydrogens (tertiary/aromatic N) is 3. The molecule has 0 unspecified atom stereocenters. The van der Waals surface area contributed by atoms with E-state index < -0.39 is 0 Å². The van der Waals surface area contributed by atoms with Crippen molar-refractivity contribution in [2.45, 2.75) is 12.8 Å². The Labute approximate surface area is 179 Å². The van der Waals surface area contributed by atoms with Crippen molar-refractivity contribution in [3.05, 3.63) is 58.6 Å². The standard InChI is InChI=1S/C22H24N4O5/c27-21(15-31-18-5-3-4-17(14-18)23-22(28)16-8-9-16)25-12-10-24(11-13-25)19-6-1-2-7-20(19)26(29)30/h1-7,14,16H,8-13,15H2,(H,23,28). The first-order valence-electron chi connectivity index (χ1n) is 10.3. The van der Waals surface area contributed by atoms with Gasteiger partial charge in [-0.05, 0) is 31.0 Å². The third kappa shape index (κ3) is 5.11. The third-order valence-corrected chi connectivity index (χ3v) is 5.46. The van der Waals surface area contributed by atoms with E-state index in [0.717, 1.165) is 12.8 Å². The molecule has 1 N–H and O–H groups in total. The fraction of sp³-hybridized carbons (Fsp3) is 0.364. The average molecular weight is 424 g/mol. The molecule has 162 valence electrons. The zero-order chi connectivity index (χ0) is 21.8. The maximum Gasteiger partial charge on any atom is 0.292 e. The summed E-state index contributed by atoms with van der Waals surface area (Å²) >= 11 is 0. The van der Waals surface area contributed by atoms with E-state index >= 15 is 0 Å². The van der Waals surface area contributed by atoms with Gasteiger partial charge in [-0.2, -0.15) is 0 Å². The molecule has 2 aromatic carbocycles. The van der Waals surface area contributed by atoms with Crippen LogP contribution in [-0.4, -0.2) is 54.4 Å². The highest BCUT2D eigenvalue weighted by atomic mass is 16.6. The number of carbonyl (C=O) groups is 2. The van der Waals surface area contributed by atoms with E-state index in [0.29, 0.717) is 43.3 Å². The van der Waals surface area contributed by atoms with E-state index in [-0.39, 0.29) is 34.9 Å². The van der Waals surface area contributed by atoms with Gasteiger partial charge in [0, 0.05) is 49.9 Å². The lowest BCUT2D eigenvalue weighted by Crippen LogP contribution is -2.50. The Morgan fingerprint density at radius 2 is 1.81 bits per heavy atom. The van der Waals surface area contributed by atoms with Gasteiger partial charge in [-0.25, -0.2) is 0 Å². The van der Waals surface area contributed by atoms with E-state index in [4.69, 9.17) is 4.74 Å². The largest absolute Gasteiger partial charge is 0.484 e. The Hall–Kier alpha value is -3.62. The van der Waals surface area contributed by atoms with Crippen LogP contribution in [0.4, 0.5) is 17.1 Å². The van der Waals surface area contributed by atoms with Gasteiger partial charge in [0.05, 0.1) is 4.92 Å². The molecule has 9 nitrogen and oxygen atoms in total. The zero-order valence-corrected chi connectivity index (χ0v) is 17.0. The van der Waals surface area contributed by atoms with Crippen molar-refractivity contribution in [3.8, 4) is 5.75 Å². The second-order valence-electron chi connectivity index (χ2n) is 7.69. The SMILES string of the molecule is O=C(Nc1cccc(OCC(=O)N2CCN(c3ccccc3[N+](=O)[O-])CC2)c1)C1CC1. The fourth-order valence-electron chi connectivity index (χ4n) is 3.57. The molecule has 4 rings (SSSR count). The summed E-state index contributed by atoms with van der Waals surface area (Å²) in [4.78, 5) is 38.9. The highest BCUT2D eigenvalue weighted by Crippen LogP contribution is 2.31. The first kappa shape index (κ1) is 20.6. The number of benzene rings is 2. The number of hydrogen-bond donors (Lipinski definition) is 1. The van der Waals surface area contributed by atoms with Gasteiger partial charge in [-0.15, -0.1) is 0 Å². The van der Waals surface area contributed by atoms with Crippen molar-refractivity contribution in [3.63, 3.8) is 0 Å². The minimum Gasteiger partial charge on any atom is -0.484 e. The normalized spacial score (nSPS) is 16.0. The molecule has 1 saturated heterocycles. The number of carbonyl (C=O) groups excluding carboxylic acids is 2. The second kappa shape index (κ2) is 9.03. The number of piperazine rings is 1. The molecule has 1 saturated carbocycles. The van der Waals surface area contributed by atoms with Crippen LogP contribution in [0.1, 0.15) is 12.8 Å². The number of para-hydroxylation sites is 2. The highest BCUT2D eigenvalue weighted by Gasteiger charge is 2.29. The van der Waals surface area contributed by atoms with Gasteiger partial charge < -0.3 is 19.9 Å². The third-order valence-electron chi connectivity index (χ3n) is 5.46. The number of nitrogens with one attached hydrogen (secondary N) is 1. The summed E-state index contributed by atoms with van der Waals surface area (Å²) in [7, 11) is 0. The summed E-state index contributed by atoms with van der Waals surface area (Å²) in [5, 5.41) is 14.1. The Kier molecular flexibility index (Phi) is 6.01. The Balaban J connectivity index is 1.28. The Morgan fingerprint density at radius 3 is 2.52 bits per heavy atom. The van der Waals surface area contributed by atoms with Gasteiger partial charge in [0.15, 0.2) is 6.61 Å². The minimum absolute atomic E-state index is 0.0183. The predicted octanol–water partition coefficient (Wildman–Crippen LogP) is 2.67. The highest BCUT2D eigenvalue weighted by molar-refractivity contribution is 5.94. The topological polar surface area (TPSA) is 105 Å². The van der Waals surface area contributed by atoms with Crippen LogP contribution < -0.4 is 15.0 Å². The van der Waals surface area contributed by atoms with Gasteiger partial charge in [-0.3, -0.25) is 19.7 Å². The van der Waals surface area contributed by atoms with E-state index in [1.54, 1.807) is 47.4 Å². The summed E-state index contributed by atoms with van der Waals surface area (Å²) in [6, 6.07) is 13.6. The number of nitro benzene ring substituents is 1. The maximum absolute atomic E-state index is 12.6. The number of hydrogen-bond acceptors (Lipinski definition) is 6. The lowest BCUT2D eigenvalue weighted by Gasteiger charge is -2.35. The molecule has 0 atom stereocenters. The van der Waals surface area contributed by atoms with Crippen molar-refractivity contribution < 1.29 is 19.2 Å². The van der Waals surface area contributed by atoms with Crippen LogP contribution in [0.25, 0.3) is 0 Å². The van der Waals surface area contributed by atoms with Crippen LogP contribution in [0.15, 0.2) is 48.5 Å². The molecule has 9 heteroatoms. The summed E-state index contributed by atoms with van der Waals surface area (Å²) < 4.78 is 5.64. The predicted molar refractivity (Wildman–Crippen MR) is 115 cm³/mol. The lowest BCUT2D eigenvalue weighted by atomic mass is 10.2. The van der Waals surface area contributed by atoms with Crippen LogP contribution in [0.2, 0.25) is 0 Å². The molecule has 1 heterocycles. The zero-order valence-electron chi connectivity index (χ0n) is 17.0. The van der Waals surface area contributed by atoms with E-state index in [2.05, 4.69) is 5.32 Å². The van der Waals surface area contributed by atoms with Crippen LogP contribution in [0, 0.1) is 16.0 Å². The Morgan fingerprint density at radius 1 is 1.06 bits per heavy atom. The molecule has 0 bridgehead atoms. The van der Waals surface area contributed by atoms with E-state index in [9.17, 15) is 19.7 Å². The van der Waals surface area contributed by atoms with Crippen LogP contribution in [-0.2, 0) is 9.59 Å². The quantitative estimate of drug-likeness (QED) is 0.541. The van der Waals surface area contributed by atoms with Crippen molar-refractivity contribution in [1.29, 1.82) is 0 Å². The molecular formula is C22H24N4O5. The number of anilines is 2. The summed E-state index contributed by atoms with van der Waals surface area (Å²) in [6.07, 6.45) is 1.86. The molecule has 1 aliphatic heterocycles. The number of ether oxygens (including phenoxy) is 1.